The summed E-state index contributed by atoms with van der Waals surface area (Å²) in [5, 5.41) is 4.25. The van der Waals surface area contributed by atoms with E-state index in [1.165, 1.54) is 24.3 Å². The molecule has 1 N–H and O–H groups in total. The van der Waals surface area contributed by atoms with Crippen molar-refractivity contribution in [2.45, 2.75) is 24.6 Å². The van der Waals surface area contributed by atoms with Crippen LogP contribution in [0.15, 0.2) is 18.2 Å². The SMILES string of the molecule is C[S@@](=O)Cc1cc(NC2CCSCC2)ccc1Cl. The Morgan fingerprint density at radius 3 is 2.83 bits per heavy atom. The fourth-order valence-electron chi connectivity index (χ4n) is 2.07. The summed E-state index contributed by atoms with van der Waals surface area (Å²) in [6, 6.07) is 6.49. The first-order valence-corrected chi connectivity index (χ1v) is 9.34. The highest BCUT2D eigenvalue weighted by Crippen LogP contribution is 2.25. The van der Waals surface area contributed by atoms with Crippen LogP contribution in [0, 0.1) is 0 Å². The molecule has 1 heterocycles. The van der Waals surface area contributed by atoms with Gasteiger partial charge in [-0.3, -0.25) is 4.21 Å². The van der Waals surface area contributed by atoms with Gasteiger partial charge in [-0.05, 0) is 48.1 Å². The third-order valence-electron chi connectivity index (χ3n) is 3.00. The molecule has 0 aromatic heterocycles. The first-order chi connectivity index (χ1) is 8.65. The Labute approximate surface area is 120 Å². The van der Waals surface area contributed by atoms with E-state index in [0.717, 1.165) is 11.3 Å². The minimum absolute atomic E-state index is 0.523. The highest BCUT2D eigenvalue weighted by molar-refractivity contribution is 7.99. The van der Waals surface area contributed by atoms with Gasteiger partial charge in [0.2, 0.25) is 0 Å². The number of rotatable bonds is 4. The highest BCUT2D eigenvalue weighted by Gasteiger charge is 2.13. The molecule has 1 saturated heterocycles. The van der Waals surface area contributed by atoms with Gasteiger partial charge < -0.3 is 5.32 Å². The van der Waals surface area contributed by atoms with Crippen molar-refractivity contribution in [1.29, 1.82) is 0 Å². The van der Waals surface area contributed by atoms with Gasteiger partial charge in [-0.15, -0.1) is 0 Å². The van der Waals surface area contributed by atoms with Crippen molar-refractivity contribution in [2.75, 3.05) is 23.1 Å². The molecule has 0 spiro atoms. The smallest absolute Gasteiger partial charge is 0.0498 e. The lowest BCUT2D eigenvalue weighted by Crippen LogP contribution is -2.24. The number of hydrogen-bond donors (Lipinski definition) is 1. The minimum Gasteiger partial charge on any atom is -0.382 e. The molecule has 5 heteroatoms. The Hall–Kier alpha value is -0.190. The molecule has 0 aliphatic carbocycles. The largest absolute Gasteiger partial charge is 0.382 e. The number of anilines is 1. The van der Waals surface area contributed by atoms with Gasteiger partial charge in [-0.2, -0.15) is 11.8 Å². The molecule has 1 aromatic rings. The maximum atomic E-state index is 11.3. The summed E-state index contributed by atoms with van der Waals surface area (Å²) >= 11 is 8.14. The van der Waals surface area contributed by atoms with Crippen LogP contribution in [0.5, 0.6) is 0 Å². The molecule has 1 aliphatic heterocycles. The molecule has 0 unspecified atom stereocenters. The molecule has 1 aromatic carbocycles. The Morgan fingerprint density at radius 2 is 2.17 bits per heavy atom. The van der Waals surface area contributed by atoms with Gasteiger partial charge >= 0.3 is 0 Å². The molecular weight excluding hydrogens is 286 g/mol. The zero-order chi connectivity index (χ0) is 13.0. The molecule has 1 atom stereocenters. The zero-order valence-electron chi connectivity index (χ0n) is 10.4. The van der Waals surface area contributed by atoms with E-state index >= 15 is 0 Å². The number of halogens is 1. The van der Waals surface area contributed by atoms with Crippen LogP contribution in [0.4, 0.5) is 5.69 Å². The Kier molecular flexibility index (Phi) is 5.39. The summed E-state index contributed by atoms with van der Waals surface area (Å²) in [5.41, 5.74) is 2.06. The normalized spacial score (nSPS) is 18.6. The predicted octanol–water partition coefficient (Wildman–Crippen LogP) is 3.53. The molecule has 2 rings (SSSR count). The van der Waals surface area contributed by atoms with Gasteiger partial charge in [0.15, 0.2) is 0 Å². The first-order valence-electron chi connectivity index (χ1n) is 6.08. The fourth-order valence-corrected chi connectivity index (χ4v) is 4.12. The van der Waals surface area contributed by atoms with E-state index in [2.05, 4.69) is 5.32 Å². The van der Waals surface area contributed by atoms with Crippen molar-refractivity contribution in [3.63, 3.8) is 0 Å². The minimum atomic E-state index is -0.857. The van der Waals surface area contributed by atoms with Crippen LogP contribution in [0.1, 0.15) is 18.4 Å². The Bertz CT molecular complexity index is 433. The number of hydrogen-bond acceptors (Lipinski definition) is 3. The second-order valence-corrected chi connectivity index (χ2v) is 7.62. The van der Waals surface area contributed by atoms with E-state index < -0.39 is 10.8 Å². The van der Waals surface area contributed by atoms with Gasteiger partial charge in [-0.1, -0.05) is 11.6 Å². The summed E-state index contributed by atoms with van der Waals surface area (Å²) in [6.07, 6.45) is 4.12. The van der Waals surface area contributed by atoms with Crippen LogP contribution >= 0.6 is 23.4 Å². The maximum Gasteiger partial charge on any atom is 0.0498 e. The van der Waals surface area contributed by atoms with E-state index in [1.54, 1.807) is 6.26 Å². The first kappa shape index (κ1) is 14.2. The number of nitrogens with one attached hydrogen (secondary N) is 1. The third kappa shape index (κ3) is 4.18. The van der Waals surface area contributed by atoms with Gasteiger partial charge in [0.05, 0.1) is 0 Å². The molecule has 1 fully saturated rings. The lowest BCUT2D eigenvalue weighted by atomic mass is 10.1. The summed E-state index contributed by atoms with van der Waals surface area (Å²) in [6.45, 7) is 0. The Balaban J connectivity index is 2.05. The fraction of sp³-hybridized carbons (Fsp3) is 0.538. The average molecular weight is 304 g/mol. The number of thioether (sulfide) groups is 1. The highest BCUT2D eigenvalue weighted by atomic mass is 35.5. The van der Waals surface area contributed by atoms with Gasteiger partial charge in [0.1, 0.15) is 0 Å². The molecule has 18 heavy (non-hydrogen) atoms. The Morgan fingerprint density at radius 1 is 1.44 bits per heavy atom. The van der Waals surface area contributed by atoms with Crippen molar-refractivity contribution in [3.8, 4) is 0 Å². The molecule has 0 saturated carbocycles. The molecule has 2 nitrogen and oxygen atoms in total. The van der Waals surface area contributed by atoms with Crippen molar-refractivity contribution in [2.24, 2.45) is 0 Å². The third-order valence-corrected chi connectivity index (χ3v) is 5.13. The summed E-state index contributed by atoms with van der Waals surface area (Å²) in [4.78, 5) is 0. The van der Waals surface area contributed by atoms with Crippen LogP contribution in [0.2, 0.25) is 5.02 Å². The topological polar surface area (TPSA) is 29.1 Å². The van der Waals surface area contributed by atoms with E-state index in [9.17, 15) is 4.21 Å². The maximum absolute atomic E-state index is 11.3. The second kappa shape index (κ2) is 6.83. The van der Waals surface area contributed by atoms with E-state index in [1.807, 2.05) is 30.0 Å². The van der Waals surface area contributed by atoms with Gasteiger partial charge in [0.25, 0.3) is 0 Å². The standard InChI is InChI=1S/C13H18ClNOS2/c1-18(16)9-10-8-12(2-3-13(10)14)15-11-4-6-17-7-5-11/h2-3,8,11,15H,4-7,9H2,1H3/t18-/m1/s1. The van der Waals surface area contributed by atoms with Crippen molar-refractivity contribution in [1.82, 2.24) is 0 Å². The summed E-state index contributed by atoms with van der Waals surface area (Å²) < 4.78 is 11.3. The van der Waals surface area contributed by atoms with E-state index in [-0.39, 0.29) is 0 Å². The van der Waals surface area contributed by atoms with Gasteiger partial charge in [0, 0.05) is 39.6 Å². The lowest BCUT2D eigenvalue weighted by Gasteiger charge is -2.24. The lowest BCUT2D eigenvalue weighted by molar-refractivity contribution is 0.667. The molecule has 1 aliphatic rings. The van der Waals surface area contributed by atoms with Crippen LogP contribution in [0.25, 0.3) is 0 Å². The quantitative estimate of drug-likeness (QED) is 0.922. The van der Waals surface area contributed by atoms with Crippen LogP contribution in [-0.2, 0) is 16.6 Å². The van der Waals surface area contributed by atoms with E-state index in [4.69, 9.17) is 11.6 Å². The van der Waals surface area contributed by atoms with Crippen LogP contribution in [0.3, 0.4) is 0 Å². The predicted molar refractivity (Wildman–Crippen MR) is 83.2 cm³/mol. The summed E-state index contributed by atoms with van der Waals surface area (Å²) in [7, 11) is -0.857. The van der Waals surface area contributed by atoms with Gasteiger partial charge in [-0.25, -0.2) is 0 Å². The average Bonchev–Trinajstić information content (AvgIpc) is 2.34. The zero-order valence-corrected chi connectivity index (χ0v) is 12.8. The summed E-state index contributed by atoms with van der Waals surface area (Å²) in [5.74, 6) is 2.99. The monoisotopic (exact) mass is 303 g/mol. The second-order valence-electron chi connectivity index (χ2n) is 4.55. The van der Waals surface area contributed by atoms with Crippen LogP contribution < -0.4 is 5.32 Å². The molecular formula is C13H18ClNOS2. The molecule has 100 valence electrons. The van der Waals surface area contributed by atoms with Crippen molar-refractivity contribution < 1.29 is 4.21 Å². The van der Waals surface area contributed by atoms with Crippen molar-refractivity contribution in [3.05, 3.63) is 28.8 Å². The van der Waals surface area contributed by atoms with Crippen LogP contribution in [-0.4, -0.2) is 28.0 Å². The molecule has 0 radical (unpaired) electrons. The number of benzene rings is 1. The molecule has 0 bridgehead atoms. The molecule has 0 amide bonds. The van der Waals surface area contributed by atoms with E-state index in [0.29, 0.717) is 16.8 Å². The van der Waals surface area contributed by atoms with Crippen molar-refractivity contribution >= 4 is 39.8 Å².